The Morgan fingerprint density at radius 3 is 2.12 bits per heavy atom. The molecule has 0 fully saturated rings. The predicted octanol–water partition coefficient (Wildman–Crippen LogP) is 15.4. The number of fused-ring (bicyclic) bond motifs is 14. The molecular formula is C60H51BN2OS. The summed E-state index contributed by atoms with van der Waals surface area (Å²) in [7, 11) is 0.829. The molecule has 1 aliphatic carbocycles. The van der Waals surface area contributed by atoms with Crippen molar-refractivity contribution in [1.29, 1.82) is 0 Å². The molecule has 0 saturated carbocycles. The van der Waals surface area contributed by atoms with Crippen molar-refractivity contribution in [2.75, 3.05) is 5.32 Å². The predicted molar refractivity (Wildman–Crippen MR) is 282 cm³/mol. The average molecular weight is 859 g/mol. The number of furan rings is 1. The normalized spacial score (nSPS) is 14.2. The molecule has 65 heavy (non-hydrogen) atoms. The number of aryl methyl sites for hydroxylation is 1. The van der Waals surface area contributed by atoms with Crippen LogP contribution in [0.25, 0.3) is 91.9 Å². The fourth-order valence-electron chi connectivity index (χ4n) is 11.5. The van der Waals surface area contributed by atoms with Crippen LogP contribution < -0.4 is 16.2 Å². The largest absolute Gasteiger partial charge is 0.456 e. The summed E-state index contributed by atoms with van der Waals surface area (Å²) in [6, 6.07) is 50.9. The van der Waals surface area contributed by atoms with Crippen molar-refractivity contribution in [2.45, 2.75) is 78.6 Å². The van der Waals surface area contributed by atoms with Gasteiger partial charge in [0.2, 0.25) is 0 Å². The lowest BCUT2D eigenvalue weighted by Crippen LogP contribution is -2.38. The number of anilines is 2. The highest BCUT2D eigenvalue weighted by molar-refractivity contribution is 7.25. The fourth-order valence-corrected chi connectivity index (χ4v) is 12.7. The molecular weight excluding hydrogens is 808 g/mol. The summed E-state index contributed by atoms with van der Waals surface area (Å²) >= 11 is 1.92. The molecule has 0 atom stereocenters. The van der Waals surface area contributed by atoms with E-state index in [1.54, 1.807) is 0 Å². The number of aromatic nitrogens is 1. The van der Waals surface area contributed by atoms with E-state index < -0.39 is 0 Å². The van der Waals surface area contributed by atoms with E-state index in [-0.39, 0.29) is 16.2 Å². The summed E-state index contributed by atoms with van der Waals surface area (Å²) in [6.45, 7) is 20.9. The summed E-state index contributed by atoms with van der Waals surface area (Å²) < 4.78 is 11.9. The number of nitrogens with one attached hydrogen (secondary N) is 1. The van der Waals surface area contributed by atoms with Crippen LogP contribution in [0.3, 0.4) is 0 Å². The standard InChI is InChI=1S/C60H51BN2OS/c1-32-24-43(40-30-54-42(38-23-20-34(59(5,6)7)25-53(38)65-54)26-48(40)62-35-21-18-33(19-22-35)58(2,3)4)56-57-55(32)44-29-52-41(37-15-11-13-17-51(37)64-52)28-49(44)63(57)50-27-39-36-14-10-12-16-45(36)60(8,9)46(39)31-47(50)61-56/h10-31,61-62H,1-9H3. The molecule has 0 amide bonds. The summed E-state index contributed by atoms with van der Waals surface area (Å²) in [4.78, 5) is 0. The van der Waals surface area contributed by atoms with Gasteiger partial charge in [0, 0.05) is 75.3 Å². The van der Waals surface area contributed by atoms with Gasteiger partial charge in [0.15, 0.2) is 7.28 Å². The molecule has 2 aliphatic rings. The first-order valence-electron chi connectivity index (χ1n) is 23.2. The van der Waals surface area contributed by atoms with Gasteiger partial charge in [-0.15, -0.1) is 11.3 Å². The molecule has 0 unspecified atom stereocenters. The van der Waals surface area contributed by atoms with E-state index in [2.05, 4.69) is 206 Å². The van der Waals surface area contributed by atoms with Gasteiger partial charge in [0.05, 0.1) is 5.52 Å². The van der Waals surface area contributed by atoms with E-state index in [0.717, 1.165) is 40.6 Å². The molecule has 316 valence electrons. The third-order valence-electron chi connectivity index (χ3n) is 15.0. The maximum Gasteiger partial charge on any atom is 0.198 e. The first-order valence-corrected chi connectivity index (χ1v) is 24.0. The van der Waals surface area contributed by atoms with E-state index in [4.69, 9.17) is 4.42 Å². The van der Waals surface area contributed by atoms with Crippen LogP contribution in [0.5, 0.6) is 0 Å². The zero-order valence-electron chi connectivity index (χ0n) is 38.7. The first kappa shape index (κ1) is 38.9. The summed E-state index contributed by atoms with van der Waals surface area (Å²) in [5.74, 6) is 0. The maximum absolute atomic E-state index is 6.60. The third-order valence-corrected chi connectivity index (χ3v) is 16.1. The summed E-state index contributed by atoms with van der Waals surface area (Å²) in [5.41, 5.74) is 22.6. The Labute approximate surface area is 385 Å². The fraction of sp³-hybridized carbons (Fsp3) is 0.200. The maximum atomic E-state index is 6.60. The number of rotatable bonds is 3. The smallest absolute Gasteiger partial charge is 0.198 e. The molecule has 1 aliphatic heterocycles. The minimum Gasteiger partial charge on any atom is -0.456 e. The Kier molecular flexibility index (Phi) is 7.80. The zero-order chi connectivity index (χ0) is 44.5. The average Bonchev–Trinajstić information content (AvgIpc) is 3.99. The van der Waals surface area contributed by atoms with Gasteiger partial charge in [-0.05, 0) is 122 Å². The van der Waals surface area contributed by atoms with Gasteiger partial charge in [-0.2, -0.15) is 0 Å². The Morgan fingerprint density at radius 1 is 0.585 bits per heavy atom. The summed E-state index contributed by atoms with van der Waals surface area (Å²) in [5, 5.41) is 11.5. The summed E-state index contributed by atoms with van der Waals surface area (Å²) in [6.07, 6.45) is 0. The van der Waals surface area contributed by atoms with Crippen LogP contribution in [0.1, 0.15) is 83.2 Å². The number of hydrogen-bond donors (Lipinski definition) is 1. The Balaban J connectivity index is 1.12. The molecule has 8 aromatic carbocycles. The van der Waals surface area contributed by atoms with Crippen molar-refractivity contribution >= 4 is 105 Å². The molecule has 4 heterocycles. The van der Waals surface area contributed by atoms with Crippen LogP contribution in [-0.2, 0) is 16.2 Å². The van der Waals surface area contributed by atoms with E-state index in [1.165, 1.54) is 109 Å². The lowest BCUT2D eigenvalue weighted by molar-refractivity contribution is 0.590. The second-order valence-electron chi connectivity index (χ2n) is 21.5. The third kappa shape index (κ3) is 5.55. The minimum absolute atomic E-state index is 0.0690. The van der Waals surface area contributed by atoms with Gasteiger partial charge in [-0.1, -0.05) is 140 Å². The second kappa shape index (κ2) is 13.0. The second-order valence-corrected chi connectivity index (χ2v) is 22.6. The molecule has 0 bridgehead atoms. The Hall–Kier alpha value is -6.56. The number of benzene rings is 8. The van der Waals surface area contributed by atoms with E-state index in [9.17, 15) is 0 Å². The molecule has 3 aromatic heterocycles. The van der Waals surface area contributed by atoms with Gasteiger partial charge >= 0.3 is 0 Å². The molecule has 1 N–H and O–H groups in total. The van der Waals surface area contributed by atoms with Crippen molar-refractivity contribution in [3.63, 3.8) is 0 Å². The van der Waals surface area contributed by atoms with Crippen molar-refractivity contribution in [1.82, 2.24) is 4.57 Å². The lowest BCUT2D eigenvalue weighted by Gasteiger charge is -2.27. The number of nitrogens with zero attached hydrogens (tertiary/aromatic N) is 1. The van der Waals surface area contributed by atoms with E-state index in [1.807, 2.05) is 11.3 Å². The highest BCUT2D eigenvalue weighted by Crippen LogP contribution is 2.51. The quantitative estimate of drug-likeness (QED) is 0.179. The van der Waals surface area contributed by atoms with Crippen LogP contribution in [0.4, 0.5) is 11.4 Å². The molecule has 0 radical (unpaired) electrons. The number of hydrogen-bond acceptors (Lipinski definition) is 3. The molecule has 11 aromatic rings. The topological polar surface area (TPSA) is 30.1 Å². The highest BCUT2D eigenvalue weighted by atomic mass is 32.1. The Morgan fingerprint density at radius 2 is 1.32 bits per heavy atom. The zero-order valence-corrected chi connectivity index (χ0v) is 39.5. The lowest BCUT2D eigenvalue weighted by atomic mass is 9.58. The van der Waals surface area contributed by atoms with Crippen LogP contribution in [0.2, 0.25) is 0 Å². The van der Waals surface area contributed by atoms with E-state index >= 15 is 0 Å². The number of para-hydroxylation sites is 1. The number of thiophene rings is 1. The van der Waals surface area contributed by atoms with Gasteiger partial charge in [0.1, 0.15) is 11.2 Å². The molecule has 5 heteroatoms. The van der Waals surface area contributed by atoms with Crippen LogP contribution in [0, 0.1) is 6.92 Å². The van der Waals surface area contributed by atoms with Crippen molar-refractivity contribution < 1.29 is 4.42 Å². The van der Waals surface area contributed by atoms with Crippen LogP contribution >= 0.6 is 11.3 Å². The van der Waals surface area contributed by atoms with Crippen molar-refractivity contribution in [3.8, 4) is 27.9 Å². The van der Waals surface area contributed by atoms with Gasteiger partial charge in [-0.25, -0.2) is 0 Å². The van der Waals surface area contributed by atoms with Gasteiger partial charge in [-0.3, -0.25) is 0 Å². The first-order chi connectivity index (χ1) is 31.1. The molecule has 0 saturated heterocycles. The van der Waals surface area contributed by atoms with Crippen molar-refractivity contribution in [2.24, 2.45) is 0 Å². The highest BCUT2D eigenvalue weighted by Gasteiger charge is 2.38. The minimum atomic E-state index is -0.105. The molecule has 0 spiro atoms. The molecule has 13 rings (SSSR count). The van der Waals surface area contributed by atoms with Crippen LogP contribution in [-0.4, -0.2) is 11.8 Å². The Bertz CT molecular complexity index is 3880. The SMILES string of the molecule is Cc1cc(-c2cc3sc4cc(C(C)(C)C)ccc4c3cc2Nc2ccc(C(C)(C)C)cc2)c2c3c1c1cc4oc5ccccc5c4cc1n3-c1cc3c(cc1B2)C(C)(C)c1ccccc1-3. The molecule has 3 nitrogen and oxygen atoms in total. The van der Waals surface area contributed by atoms with Crippen LogP contribution in [0.15, 0.2) is 138 Å². The van der Waals surface area contributed by atoms with Crippen molar-refractivity contribution in [3.05, 3.63) is 161 Å². The van der Waals surface area contributed by atoms with Gasteiger partial charge < -0.3 is 14.3 Å². The van der Waals surface area contributed by atoms with Gasteiger partial charge in [0.25, 0.3) is 0 Å². The monoisotopic (exact) mass is 858 g/mol. The van der Waals surface area contributed by atoms with E-state index in [0.29, 0.717) is 0 Å².